The number of rotatable bonds is 3. The summed E-state index contributed by atoms with van der Waals surface area (Å²) in [5.74, 6) is 0.217. The van der Waals surface area contributed by atoms with E-state index in [-0.39, 0.29) is 29.9 Å². The van der Waals surface area contributed by atoms with Crippen LogP contribution in [0.3, 0.4) is 0 Å². The molecule has 0 unspecified atom stereocenters. The Kier molecular flexibility index (Phi) is 3.89. The van der Waals surface area contributed by atoms with Crippen LogP contribution in [-0.2, 0) is 4.79 Å². The minimum atomic E-state index is -0.325. The quantitative estimate of drug-likeness (QED) is 0.927. The Bertz CT molecular complexity index is 599. The molecule has 2 fully saturated rings. The van der Waals surface area contributed by atoms with Crippen molar-refractivity contribution in [3.05, 3.63) is 29.6 Å². The SMILES string of the molecule is Cc1cncc(C(=O)N2[C@H]3CC[C@@H](C3)[C@H]2C(=O)NC(C)C)c1. The van der Waals surface area contributed by atoms with Crippen molar-refractivity contribution in [2.24, 2.45) is 5.92 Å². The molecule has 1 saturated heterocycles. The van der Waals surface area contributed by atoms with Crippen molar-refractivity contribution in [2.75, 3.05) is 0 Å². The van der Waals surface area contributed by atoms with Crippen LogP contribution in [0.1, 0.15) is 49.0 Å². The molecule has 2 aliphatic rings. The molecular formula is C17H23N3O2. The highest BCUT2D eigenvalue weighted by molar-refractivity contribution is 5.98. The lowest BCUT2D eigenvalue weighted by Crippen LogP contribution is -2.53. The molecule has 118 valence electrons. The number of likely N-dealkylation sites (tertiary alicyclic amines) is 1. The van der Waals surface area contributed by atoms with E-state index >= 15 is 0 Å². The molecule has 22 heavy (non-hydrogen) atoms. The summed E-state index contributed by atoms with van der Waals surface area (Å²) in [7, 11) is 0. The van der Waals surface area contributed by atoms with E-state index in [1.54, 1.807) is 12.4 Å². The van der Waals surface area contributed by atoms with Crippen LogP contribution in [0, 0.1) is 12.8 Å². The van der Waals surface area contributed by atoms with Crippen LogP contribution in [0.4, 0.5) is 0 Å². The number of aromatic nitrogens is 1. The highest BCUT2D eigenvalue weighted by atomic mass is 16.2. The molecular weight excluding hydrogens is 278 g/mol. The Morgan fingerprint density at radius 1 is 1.32 bits per heavy atom. The van der Waals surface area contributed by atoms with E-state index in [0.717, 1.165) is 24.8 Å². The molecule has 1 aliphatic carbocycles. The van der Waals surface area contributed by atoms with Crippen LogP contribution in [0.15, 0.2) is 18.5 Å². The van der Waals surface area contributed by atoms with Crippen molar-refractivity contribution in [3.63, 3.8) is 0 Å². The number of amides is 2. The van der Waals surface area contributed by atoms with Gasteiger partial charge in [0.05, 0.1) is 5.56 Å². The van der Waals surface area contributed by atoms with Gasteiger partial charge in [0.25, 0.3) is 5.91 Å². The first-order chi connectivity index (χ1) is 10.5. The first kappa shape index (κ1) is 15.0. The van der Waals surface area contributed by atoms with Gasteiger partial charge in [-0.3, -0.25) is 14.6 Å². The molecule has 5 nitrogen and oxygen atoms in total. The Morgan fingerprint density at radius 2 is 2.09 bits per heavy atom. The van der Waals surface area contributed by atoms with E-state index in [2.05, 4.69) is 10.3 Å². The molecule has 2 heterocycles. The van der Waals surface area contributed by atoms with Crippen molar-refractivity contribution in [2.45, 2.75) is 58.2 Å². The fourth-order valence-corrected chi connectivity index (χ4v) is 3.81. The summed E-state index contributed by atoms with van der Waals surface area (Å²) in [6.07, 6.45) is 6.31. The van der Waals surface area contributed by atoms with Crippen LogP contribution in [0.5, 0.6) is 0 Å². The minimum Gasteiger partial charge on any atom is -0.352 e. The van der Waals surface area contributed by atoms with Crippen molar-refractivity contribution in [1.82, 2.24) is 15.2 Å². The van der Waals surface area contributed by atoms with Crippen molar-refractivity contribution < 1.29 is 9.59 Å². The van der Waals surface area contributed by atoms with Gasteiger partial charge in [0.2, 0.25) is 5.91 Å². The Labute approximate surface area is 131 Å². The van der Waals surface area contributed by atoms with Crippen LogP contribution >= 0.6 is 0 Å². The van der Waals surface area contributed by atoms with Gasteiger partial charge >= 0.3 is 0 Å². The number of fused-ring (bicyclic) bond motifs is 2. The maximum Gasteiger partial charge on any atom is 0.256 e. The highest BCUT2D eigenvalue weighted by Crippen LogP contribution is 2.43. The fraction of sp³-hybridized carbons (Fsp3) is 0.588. The number of nitrogens with one attached hydrogen (secondary N) is 1. The summed E-state index contributed by atoms with van der Waals surface area (Å²) in [5.41, 5.74) is 1.54. The van der Waals surface area contributed by atoms with Gasteiger partial charge in [-0.15, -0.1) is 0 Å². The third kappa shape index (κ3) is 2.60. The van der Waals surface area contributed by atoms with Gasteiger partial charge in [-0.05, 0) is 57.6 Å². The Balaban J connectivity index is 1.87. The second kappa shape index (κ2) is 5.71. The largest absolute Gasteiger partial charge is 0.352 e. The number of piperidine rings is 1. The molecule has 0 aromatic carbocycles. The molecule has 1 aromatic heterocycles. The molecule has 3 rings (SSSR count). The zero-order chi connectivity index (χ0) is 15.9. The third-order valence-corrected chi connectivity index (χ3v) is 4.64. The number of hydrogen-bond acceptors (Lipinski definition) is 3. The molecule has 1 aliphatic heterocycles. The highest BCUT2D eigenvalue weighted by Gasteiger charge is 2.51. The van der Waals surface area contributed by atoms with Gasteiger partial charge in [0.15, 0.2) is 0 Å². The van der Waals surface area contributed by atoms with Gasteiger partial charge in [-0.25, -0.2) is 0 Å². The van der Waals surface area contributed by atoms with E-state index < -0.39 is 0 Å². The summed E-state index contributed by atoms with van der Waals surface area (Å²) in [4.78, 5) is 31.4. The molecule has 1 saturated carbocycles. The van der Waals surface area contributed by atoms with Crippen LogP contribution in [0.2, 0.25) is 0 Å². The maximum absolute atomic E-state index is 12.9. The smallest absolute Gasteiger partial charge is 0.256 e. The molecule has 5 heteroatoms. The maximum atomic E-state index is 12.9. The molecule has 2 amide bonds. The van der Waals surface area contributed by atoms with Gasteiger partial charge < -0.3 is 10.2 Å². The second-order valence-corrected chi connectivity index (χ2v) is 6.80. The summed E-state index contributed by atoms with van der Waals surface area (Å²) in [6, 6.07) is 1.80. The van der Waals surface area contributed by atoms with Crippen molar-refractivity contribution in [3.8, 4) is 0 Å². The normalized spacial score (nSPS) is 26.5. The summed E-state index contributed by atoms with van der Waals surface area (Å²) >= 11 is 0. The lowest BCUT2D eigenvalue weighted by Gasteiger charge is -2.34. The van der Waals surface area contributed by atoms with Crippen LogP contribution in [-0.4, -0.2) is 39.8 Å². The van der Waals surface area contributed by atoms with Crippen molar-refractivity contribution in [1.29, 1.82) is 0 Å². The number of carbonyl (C=O) groups excluding carboxylic acids is 2. The fourth-order valence-electron chi connectivity index (χ4n) is 3.81. The summed E-state index contributed by atoms with van der Waals surface area (Å²) in [6.45, 7) is 5.81. The van der Waals surface area contributed by atoms with Gasteiger partial charge in [0, 0.05) is 24.5 Å². The minimum absolute atomic E-state index is 0.0174. The predicted molar refractivity (Wildman–Crippen MR) is 83.3 cm³/mol. The summed E-state index contributed by atoms with van der Waals surface area (Å²) in [5, 5.41) is 2.97. The lowest BCUT2D eigenvalue weighted by atomic mass is 9.97. The number of hydrogen-bond donors (Lipinski definition) is 1. The Morgan fingerprint density at radius 3 is 2.77 bits per heavy atom. The second-order valence-electron chi connectivity index (χ2n) is 6.80. The average molecular weight is 301 g/mol. The predicted octanol–water partition coefficient (Wildman–Crippen LogP) is 1.91. The van der Waals surface area contributed by atoms with Gasteiger partial charge in [-0.2, -0.15) is 0 Å². The molecule has 1 aromatic rings. The number of aryl methyl sites for hydroxylation is 1. The average Bonchev–Trinajstić information content (AvgIpc) is 3.06. The molecule has 2 bridgehead atoms. The van der Waals surface area contributed by atoms with E-state index in [4.69, 9.17) is 0 Å². The van der Waals surface area contributed by atoms with Gasteiger partial charge in [-0.1, -0.05) is 0 Å². The van der Waals surface area contributed by atoms with E-state index in [1.165, 1.54) is 0 Å². The standard InChI is InChI=1S/C17H23N3O2/c1-10(2)19-16(21)15-12-4-5-14(7-12)20(15)17(22)13-6-11(3)8-18-9-13/h6,8-10,12,14-15H,4-5,7H2,1-3H3,(H,19,21)/t12-,14-,15-/m0/s1. The third-order valence-electron chi connectivity index (χ3n) is 4.64. The van der Waals surface area contributed by atoms with Crippen molar-refractivity contribution >= 4 is 11.8 Å². The van der Waals surface area contributed by atoms with E-state index in [0.29, 0.717) is 11.5 Å². The number of nitrogens with zero attached hydrogens (tertiary/aromatic N) is 2. The Hall–Kier alpha value is -1.91. The number of pyridine rings is 1. The topological polar surface area (TPSA) is 62.3 Å². The van der Waals surface area contributed by atoms with E-state index in [9.17, 15) is 9.59 Å². The zero-order valence-electron chi connectivity index (χ0n) is 13.4. The number of carbonyl (C=O) groups is 2. The van der Waals surface area contributed by atoms with Crippen LogP contribution in [0.25, 0.3) is 0 Å². The molecule has 0 radical (unpaired) electrons. The lowest BCUT2D eigenvalue weighted by molar-refractivity contribution is -0.127. The van der Waals surface area contributed by atoms with Gasteiger partial charge in [0.1, 0.15) is 6.04 Å². The first-order valence-corrected chi connectivity index (χ1v) is 8.02. The summed E-state index contributed by atoms with van der Waals surface area (Å²) < 4.78 is 0. The first-order valence-electron chi connectivity index (χ1n) is 8.02. The van der Waals surface area contributed by atoms with E-state index in [1.807, 2.05) is 31.7 Å². The molecule has 0 spiro atoms. The van der Waals surface area contributed by atoms with Crippen LogP contribution < -0.4 is 5.32 Å². The zero-order valence-corrected chi connectivity index (χ0v) is 13.4. The molecule has 3 atom stereocenters. The monoisotopic (exact) mass is 301 g/mol. The molecule has 1 N–H and O–H groups in total.